The molecule has 5 nitrogen and oxygen atoms in total. The molecule has 2 fully saturated rings. The van der Waals surface area contributed by atoms with Gasteiger partial charge in [0.2, 0.25) is 0 Å². The fourth-order valence-electron chi connectivity index (χ4n) is 3.51. The molecule has 0 aromatic heterocycles. The Morgan fingerprint density at radius 3 is 1.54 bits per heavy atom. The minimum atomic E-state index is -3.82. The molecule has 130 valence electrons. The molecule has 0 saturated carbocycles. The molecule has 24 heavy (non-hydrogen) atoms. The number of benzene rings is 1. The van der Waals surface area contributed by atoms with E-state index in [-0.39, 0.29) is 0 Å². The van der Waals surface area contributed by atoms with Crippen molar-refractivity contribution in [3.05, 3.63) is 30.3 Å². The average molecular weight is 348 g/mol. The lowest BCUT2D eigenvalue weighted by molar-refractivity contribution is 0.201. The van der Waals surface area contributed by atoms with Gasteiger partial charge in [-0.05, 0) is 38.5 Å². The van der Waals surface area contributed by atoms with Gasteiger partial charge in [-0.2, -0.15) is 0 Å². The van der Waals surface area contributed by atoms with Crippen molar-refractivity contribution in [3.8, 4) is 0 Å². The number of hydrogen-bond donors (Lipinski definition) is 0. The van der Waals surface area contributed by atoms with Crippen molar-refractivity contribution in [2.75, 3.05) is 26.2 Å². The zero-order valence-corrected chi connectivity index (χ0v) is 14.9. The van der Waals surface area contributed by atoms with E-state index in [0.29, 0.717) is 31.5 Å². The van der Waals surface area contributed by atoms with Crippen LogP contribution in [0.5, 0.6) is 0 Å². The monoisotopic (exact) mass is 348 g/mol. The van der Waals surface area contributed by atoms with Gasteiger partial charge in [-0.25, -0.2) is 0 Å². The maximum atomic E-state index is 13.8. The smallest absolute Gasteiger partial charge is 0.295 e. The molecule has 0 atom stereocenters. The lowest BCUT2D eigenvalue weighted by Crippen LogP contribution is -2.42. The Kier molecular flexibility index (Phi) is 5.40. The van der Waals surface area contributed by atoms with Crippen LogP contribution >= 0.6 is 7.14 Å². The Morgan fingerprint density at radius 2 is 1.12 bits per heavy atom. The maximum absolute atomic E-state index is 13.8. The second kappa shape index (κ2) is 7.52. The van der Waals surface area contributed by atoms with Gasteiger partial charge in [0, 0.05) is 31.5 Å². The van der Waals surface area contributed by atoms with Gasteiger partial charge < -0.3 is 9.80 Å². The highest BCUT2D eigenvalue weighted by Gasteiger charge is 2.47. The lowest BCUT2D eigenvalue weighted by atomic mass is 10.1. The first kappa shape index (κ1) is 17.2. The molecule has 2 aliphatic rings. The van der Waals surface area contributed by atoms with Gasteiger partial charge in [-0.1, -0.05) is 30.3 Å². The Morgan fingerprint density at radius 1 is 0.708 bits per heavy atom. The normalized spacial score (nSPS) is 19.2. The highest BCUT2D eigenvalue weighted by atomic mass is 31.2. The summed E-state index contributed by atoms with van der Waals surface area (Å²) in [6, 6.07) is 8.61. The van der Waals surface area contributed by atoms with Crippen LogP contribution in [0.1, 0.15) is 38.5 Å². The number of carbonyl (C=O) groups is 2. The quantitative estimate of drug-likeness (QED) is 0.779. The number of piperidine rings is 2. The SMILES string of the molecule is O=C(N1CCCCC1)P(=O)(C(=O)N1CCCCC1)c1ccccc1. The summed E-state index contributed by atoms with van der Waals surface area (Å²) < 4.78 is 13.8. The molecule has 3 rings (SSSR count). The molecule has 0 unspecified atom stereocenters. The molecule has 2 aliphatic heterocycles. The summed E-state index contributed by atoms with van der Waals surface area (Å²) in [5.41, 5.74) is -0.937. The van der Waals surface area contributed by atoms with Crippen LogP contribution in [0.3, 0.4) is 0 Å². The number of amides is 2. The Hall–Kier alpha value is -1.61. The van der Waals surface area contributed by atoms with Crippen LogP contribution in [0.2, 0.25) is 0 Å². The first-order chi connectivity index (χ1) is 11.6. The van der Waals surface area contributed by atoms with Crippen molar-refractivity contribution in [1.82, 2.24) is 9.80 Å². The van der Waals surface area contributed by atoms with Crippen molar-refractivity contribution < 1.29 is 14.2 Å². The first-order valence-corrected chi connectivity index (χ1v) is 10.6. The molecule has 6 heteroatoms. The van der Waals surface area contributed by atoms with Crippen LogP contribution in [-0.2, 0) is 4.57 Å². The zero-order valence-electron chi connectivity index (χ0n) is 14.0. The Balaban J connectivity index is 1.95. The van der Waals surface area contributed by atoms with Crippen LogP contribution in [0, 0.1) is 0 Å². The molecule has 1 aromatic rings. The number of nitrogens with zero attached hydrogens (tertiary/aromatic N) is 2. The van der Waals surface area contributed by atoms with Gasteiger partial charge in [-0.15, -0.1) is 0 Å². The van der Waals surface area contributed by atoms with Crippen molar-refractivity contribution in [2.24, 2.45) is 0 Å². The average Bonchev–Trinajstić information content (AvgIpc) is 2.68. The molecular formula is C18H25N2O3P. The Labute approximate surface area is 143 Å². The third-order valence-corrected chi connectivity index (χ3v) is 7.58. The van der Waals surface area contributed by atoms with Crippen molar-refractivity contribution in [1.29, 1.82) is 0 Å². The minimum absolute atomic E-state index is 0.371. The standard InChI is InChI=1S/C18H25N2O3P/c21-17(19-12-6-2-7-13-19)24(23,16-10-4-1-5-11-16)18(22)20-14-8-3-9-15-20/h1,4-5,10-11H,2-3,6-9,12-15H2. The highest BCUT2D eigenvalue weighted by Crippen LogP contribution is 2.50. The molecule has 0 bridgehead atoms. The van der Waals surface area contributed by atoms with Crippen molar-refractivity contribution >= 4 is 23.7 Å². The molecule has 0 aliphatic carbocycles. The topological polar surface area (TPSA) is 57.7 Å². The summed E-state index contributed by atoms with van der Waals surface area (Å²) in [6.07, 6.45) is 5.83. The summed E-state index contributed by atoms with van der Waals surface area (Å²) in [5, 5.41) is 0.371. The summed E-state index contributed by atoms with van der Waals surface area (Å²) in [6.45, 7) is 2.40. The fourth-order valence-corrected chi connectivity index (χ4v) is 5.90. The molecule has 2 saturated heterocycles. The third-order valence-electron chi connectivity index (χ3n) is 4.91. The van der Waals surface area contributed by atoms with E-state index in [1.54, 1.807) is 34.1 Å². The van der Waals surface area contributed by atoms with Crippen LogP contribution in [0.25, 0.3) is 0 Å². The zero-order chi connectivity index (χ0) is 17.0. The van der Waals surface area contributed by atoms with Gasteiger partial charge in [-0.3, -0.25) is 14.2 Å². The summed E-state index contributed by atoms with van der Waals surface area (Å²) >= 11 is 0. The Bertz CT molecular complexity index is 601. The maximum Gasteiger partial charge on any atom is 0.295 e. The summed E-state index contributed by atoms with van der Waals surface area (Å²) in [5.74, 6) is 0. The number of rotatable bonds is 3. The van der Waals surface area contributed by atoms with Gasteiger partial charge in [0.25, 0.3) is 18.4 Å². The van der Waals surface area contributed by atoms with Crippen LogP contribution < -0.4 is 5.30 Å². The van der Waals surface area contributed by atoms with E-state index >= 15 is 0 Å². The predicted molar refractivity (Wildman–Crippen MR) is 95.3 cm³/mol. The number of carbonyl (C=O) groups excluding carboxylic acids is 2. The predicted octanol–water partition coefficient (Wildman–Crippen LogP) is 3.89. The van der Waals surface area contributed by atoms with Gasteiger partial charge in [0.05, 0.1) is 0 Å². The lowest BCUT2D eigenvalue weighted by Gasteiger charge is -2.34. The minimum Gasteiger partial charge on any atom is -0.336 e. The molecular weight excluding hydrogens is 323 g/mol. The molecule has 1 aromatic carbocycles. The third kappa shape index (κ3) is 3.27. The van der Waals surface area contributed by atoms with Crippen molar-refractivity contribution in [3.63, 3.8) is 0 Å². The van der Waals surface area contributed by atoms with Gasteiger partial charge in [0.15, 0.2) is 0 Å². The van der Waals surface area contributed by atoms with E-state index in [4.69, 9.17) is 0 Å². The molecule has 2 heterocycles. The van der Waals surface area contributed by atoms with Gasteiger partial charge >= 0.3 is 0 Å². The summed E-state index contributed by atoms with van der Waals surface area (Å²) in [7, 11) is -3.82. The molecule has 0 N–H and O–H groups in total. The van der Waals surface area contributed by atoms with E-state index < -0.39 is 18.4 Å². The molecule has 0 radical (unpaired) electrons. The molecule has 0 spiro atoms. The van der Waals surface area contributed by atoms with E-state index in [0.717, 1.165) is 38.5 Å². The second-order valence-corrected chi connectivity index (χ2v) is 9.11. The first-order valence-electron chi connectivity index (χ1n) is 8.88. The van der Waals surface area contributed by atoms with Gasteiger partial charge in [0.1, 0.15) is 0 Å². The van der Waals surface area contributed by atoms with Crippen LogP contribution in [0.4, 0.5) is 9.59 Å². The van der Waals surface area contributed by atoms with Crippen LogP contribution in [-0.4, -0.2) is 47.3 Å². The van der Waals surface area contributed by atoms with E-state index in [1.807, 2.05) is 6.07 Å². The number of likely N-dealkylation sites (tertiary alicyclic amines) is 2. The van der Waals surface area contributed by atoms with Crippen molar-refractivity contribution in [2.45, 2.75) is 38.5 Å². The van der Waals surface area contributed by atoms with Crippen LogP contribution in [0.15, 0.2) is 30.3 Å². The number of hydrogen-bond acceptors (Lipinski definition) is 3. The molecule has 2 amide bonds. The largest absolute Gasteiger partial charge is 0.336 e. The second-order valence-electron chi connectivity index (χ2n) is 6.61. The fraction of sp³-hybridized carbons (Fsp3) is 0.556. The van der Waals surface area contributed by atoms with E-state index in [1.165, 1.54) is 0 Å². The van der Waals surface area contributed by atoms with E-state index in [2.05, 4.69) is 0 Å². The van der Waals surface area contributed by atoms with E-state index in [9.17, 15) is 14.2 Å². The summed E-state index contributed by atoms with van der Waals surface area (Å²) in [4.78, 5) is 29.5. The highest BCUT2D eigenvalue weighted by molar-refractivity contribution is 7.99.